The van der Waals surface area contributed by atoms with E-state index in [-0.39, 0.29) is 11.1 Å². The second kappa shape index (κ2) is 9.37. The number of nitrogens with zero attached hydrogens (tertiary/aromatic N) is 2. The number of esters is 2. The fourth-order valence-electron chi connectivity index (χ4n) is 4.79. The third kappa shape index (κ3) is 3.86. The van der Waals surface area contributed by atoms with Gasteiger partial charge in [-0.2, -0.15) is 0 Å². The Bertz CT molecular complexity index is 1210. The summed E-state index contributed by atoms with van der Waals surface area (Å²) in [5.41, 5.74) is -0.902. The van der Waals surface area contributed by atoms with Crippen LogP contribution in [0.2, 0.25) is 0 Å². The standard InChI is InChI=1S/C25H24N4O8/c1-28-21(32)25(22(33)29(2)24(28)35)17(13-5-9-15(10-6-13)19(30)36-3)26-23(34)27-18(25)14-7-11-16(12-8-14)20(31)37-4/h5-12,17-18H,1-4H3,(H2,26,27,34). The number of amides is 6. The molecule has 2 fully saturated rings. The van der Waals surface area contributed by atoms with Gasteiger partial charge in [0.05, 0.1) is 37.4 Å². The summed E-state index contributed by atoms with van der Waals surface area (Å²) in [7, 11) is 4.97. The van der Waals surface area contributed by atoms with E-state index in [1.807, 2.05) is 0 Å². The number of barbiturate groups is 1. The highest BCUT2D eigenvalue weighted by atomic mass is 16.5. The largest absolute Gasteiger partial charge is 0.465 e. The second-order valence-electron chi connectivity index (χ2n) is 8.59. The molecular formula is C25H24N4O8. The van der Waals surface area contributed by atoms with Crippen molar-refractivity contribution in [3.05, 3.63) is 70.8 Å². The molecule has 2 aromatic carbocycles. The third-order valence-corrected chi connectivity index (χ3v) is 6.68. The van der Waals surface area contributed by atoms with Gasteiger partial charge in [0.15, 0.2) is 5.41 Å². The Hall–Kier alpha value is -4.74. The average molecular weight is 508 g/mol. The van der Waals surface area contributed by atoms with Crippen LogP contribution in [0.25, 0.3) is 0 Å². The first-order valence-electron chi connectivity index (χ1n) is 11.1. The van der Waals surface area contributed by atoms with E-state index in [1.54, 1.807) is 0 Å². The van der Waals surface area contributed by atoms with Crippen molar-refractivity contribution in [3.8, 4) is 0 Å². The number of hydrogen-bond donors (Lipinski definition) is 2. The molecule has 2 saturated heterocycles. The Labute approximate surface area is 211 Å². The summed E-state index contributed by atoms with van der Waals surface area (Å²) in [5, 5.41) is 5.33. The molecule has 0 radical (unpaired) electrons. The van der Waals surface area contributed by atoms with Gasteiger partial charge in [0, 0.05) is 14.1 Å². The first kappa shape index (κ1) is 25.4. The molecule has 2 N–H and O–H groups in total. The predicted octanol–water partition coefficient (Wildman–Crippen LogP) is 1.39. The van der Waals surface area contributed by atoms with Crippen LogP contribution < -0.4 is 10.6 Å². The lowest BCUT2D eigenvalue weighted by Crippen LogP contribution is -2.73. The van der Waals surface area contributed by atoms with Crippen molar-refractivity contribution in [2.45, 2.75) is 12.1 Å². The Morgan fingerprint density at radius 2 is 1.05 bits per heavy atom. The van der Waals surface area contributed by atoms with Gasteiger partial charge in [0.25, 0.3) is 11.8 Å². The molecule has 0 aliphatic carbocycles. The molecule has 2 unspecified atom stereocenters. The number of carbonyl (C=O) groups is 6. The first-order chi connectivity index (χ1) is 17.6. The maximum atomic E-state index is 13.9. The number of benzene rings is 2. The first-order valence-corrected chi connectivity index (χ1v) is 11.1. The topological polar surface area (TPSA) is 151 Å². The van der Waals surface area contributed by atoms with Crippen LogP contribution in [0.5, 0.6) is 0 Å². The van der Waals surface area contributed by atoms with E-state index < -0.39 is 53.3 Å². The molecule has 2 aromatic rings. The zero-order chi connectivity index (χ0) is 27.1. The number of rotatable bonds is 4. The van der Waals surface area contributed by atoms with Crippen molar-refractivity contribution in [2.75, 3.05) is 28.3 Å². The Morgan fingerprint density at radius 1 is 0.703 bits per heavy atom. The minimum absolute atomic E-state index is 0.223. The van der Waals surface area contributed by atoms with Crippen LogP contribution in [-0.2, 0) is 19.1 Å². The number of methoxy groups -OCH3 is 2. The van der Waals surface area contributed by atoms with E-state index >= 15 is 0 Å². The summed E-state index contributed by atoms with van der Waals surface area (Å²) in [6, 6.07) is 7.83. The Kier molecular flexibility index (Phi) is 6.42. The van der Waals surface area contributed by atoms with E-state index in [2.05, 4.69) is 10.6 Å². The van der Waals surface area contributed by atoms with Crippen molar-refractivity contribution in [1.82, 2.24) is 20.4 Å². The summed E-state index contributed by atoms with van der Waals surface area (Å²) in [4.78, 5) is 78.8. The lowest BCUT2D eigenvalue weighted by atomic mass is 9.65. The van der Waals surface area contributed by atoms with Gasteiger partial charge in [-0.05, 0) is 35.4 Å². The van der Waals surface area contributed by atoms with E-state index in [0.717, 1.165) is 9.80 Å². The van der Waals surface area contributed by atoms with Crippen molar-refractivity contribution in [2.24, 2.45) is 5.41 Å². The van der Waals surface area contributed by atoms with Crippen LogP contribution in [0.3, 0.4) is 0 Å². The highest BCUT2D eigenvalue weighted by molar-refractivity contribution is 6.20. The van der Waals surface area contributed by atoms with Gasteiger partial charge >= 0.3 is 24.0 Å². The smallest absolute Gasteiger partial charge is 0.337 e. The SMILES string of the molecule is COC(=O)c1ccc(C2NC(=O)NC(c3ccc(C(=O)OC)cc3)C23C(=O)N(C)C(=O)N(C)C3=O)cc1. The molecule has 12 nitrogen and oxygen atoms in total. The molecule has 0 bridgehead atoms. The molecule has 0 saturated carbocycles. The molecule has 12 heteroatoms. The minimum Gasteiger partial charge on any atom is -0.465 e. The number of imide groups is 2. The maximum Gasteiger partial charge on any atom is 0.337 e. The molecule has 4 rings (SSSR count). The maximum absolute atomic E-state index is 13.9. The molecule has 6 amide bonds. The Balaban J connectivity index is 1.92. The summed E-state index contributed by atoms with van der Waals surface area (Å²) >= 11 is 0. The van der Waals surface area contributed by atoms with E-state index in [9.17, 15) is 28.8 Å². The van der Waals surface area contributed by atoms with Gasteiger partial charge in [0.1, 0.15) is 0 Å². The quantitative estimate of drug-likeness (QED) is 0.464. The molecule has 1 spiro atoms. The van der Waals surface area contributed by atoms with E-state index in [4.69, 9.17) is 9.47 Å². The summed E-state index contributed by atoms with van der Waals surface area (Å²) < 4.78 is 9.44. The van der Waals surface area contributed by atoms with Crippen LogP contribution in [0.4, 0.5) is 9.59 Å². The monoisotopic (exact) mass is 508 g/mol. The van der Waals surface area contributed by atoms with Gasteiger partial charge in [0.2, 0.25) is 0 Å². The number of hydrogen-bond acceptors (Lipinski definition) is 8. The summed E-state index contributed by atoms with van der Waals surface area (Å²) in [6.07, 6.45) is 0. The van der Waals surface area contributed by atoms with Crippen molar-refractivity contribution in [1.29, 1.82) is 0 Å². The second-order valence-corrected chi connectivity index (χ2v) is 8.59. The van der Waals surface area contributed by atoms with Crippen LogP contribution in [0.15, 0.2) is 48.5 Å². The minimum atomic E-state index is -2.04. The number of carbonyl (C=O) groups excluding carboxylic acids is 6. The van der Waals surface area contributed by atoms with Crippen LogP contribution in [0, 0.1) is 5.41 Å². The van der Waals surface area contributed by atoms with Gasteiger partial charge in [-0.1, -0.05) is 24.3 Å². The van der Waals surface area contributed by atoms with E-state index in [1.165, 1.54) is 76.8 Å². The molecular weight excluding hydrogens is 484 g/mol. The molecule has 0 aromatic heterocycles. The molecule has 2 heterocycles. The number of ether oxygens (including phenoxy) is 2. The van der Waals surface area contributed by atoms with Crippen LogP contribution in [-0.4, -0.2) is 73.9 Å². The summed E-state index contributed by atoms with van der Waals surface area (Å²) in [5.74, 6) is -2.85. The fraction of sp³-hybridized carbons (Fsp3) is 0.280. The van der Waals surface area contributed by atoms with Gasteiger partial charge in [-0.3, -0.25) is 19.4 Å². The van der Waals surface area contributed by atoms with Crippen molar-refractivity contribution < 1.29 is 38.2 Å². The lowest BCUT2D eigenvalue weighted by Gasteiger charge is -2.52. The third-order valence-electron chi connectivity index (χ3n) is 6.68. The van der Waals surface area contributed by atoms with Crippen LogP contribution in [0.1, 0.15) is 43.9 Å². The van der Waals surface area contributed by atoms with E-state index in [0.29, 0.717) is 11.1 Å². The predicted molar refractivity (Wildman–Crippen MR) is 126 cm³/mol. The number of nitrogens with one attached hydrogen (secondary N) is 2. The molecule has 37 heavy (non-hydrogen) atoms. The normalized spacial score (nSPS) is 20.9. The zero-order valence-corrected chi connectivity index (χ0v) is 20.4. The zero-order valence-electron chi connectivity index (χ0n) is 20.4. The molecule has 2 aliphatic heterocycles. The lowest BCUT2D eigenvalue weighted by molar-refractivity contribution is -0.163. The van der Waals surface area contributed by atoms with Crippen molar-refractivity contribution in [3.63, 3.8) is 0 Å². The number of urea groups is 2. The van der Waals surface area contributed by atoms with Gasteiger partial charge < -0.3 is 20.1 Å². The highest BCUT2D eigenvalue weighted by Gasteiger charge is 2.67. The fourth-order valence-corrected chi connectivity index (χ4v) is 4.79. The van der Waals surface area contributed by atoms with Gasteiger partial charge in [-0.25, -0.2) is 19.2 Å². The average Bonchev–Trinajstić information content (AvgIpc) is 2.93. The molecule has 192 valence electrons. The Morgan fingerprint density at radius 3 is 1.38 bits per heavy atom. The molecule has 2 aliphatic rings. The summed E-state index contributed by atoms with van der Waals surface area (Å²) in [6.45, 7) is 0. The van der Waals surface area contributed by atoms with Gasteiger partial charge in [-0.15, -0.1) is 0 Å². The highest BCUT2D eigenvalue weighted by Crippen LogP contribution is 2.51. The van der Waals surface area contributed by atoms with Crippen molar-refractivity contribution >= 4 is 35.8 Å². The van der Waals surface area contributed by atoms with Crippen LogP contribution >= 0.6 is 0 Å². The molecule has 2 atom stereocenters.